The Labute approximate surface area is 448 Å². The van der Waals surface area contributed by atoms with Crippen LogP contribution in [0.3, 0.4) is 0 Å². The van der Waals surface area contributed by atoms with E-state index in [1.807, 2.05) is 39.4 Å². The van der Waals surface area contributed by atoms with Crippen LogP contribution in [0.1, 0.15) is 213 Å². The number of amides is 1. The first-order valence-electron chi connectivity index (χ1n) is 28.8. The zero-order chi connectivity index (χ0) is 53.6. The maximum atomic E-state index is 13.5. The standard InChI is InChI=1S/C63H107N2O7P/c1-7-10-13-16-19-22-25-28-30-32-33-34-36-38-41-44-47-50-53-56-63(67)72-61(54-51-48-45-42-39-27-24-21-18-15-12-9-3)60(59-71-73(68,69)70-58-57-65(4,5)6)64-62(66)55-52-49-46-43-40-37-35-31-29-26-23-20-17-14-11-8-2/h10-11,13-14,19-20,22-23,28-31,33-34,38,41,47,50-51,54,60-61H,7-9,12,15-18,21,24-27,32,35-37,39-40,42-46,48-49,52-53,55-59H2,1-6H3,(H-,64,66,68,69)/b13-10-,14-11+,22-19-,23-20+,30-28-,31-29+,34-33-,41-38-,50-47-,54-51+. The first-order chi connectivity index (χ1) is 35.4. The lowest BCUT2D eigenvalue weighted by Gasteiger charge is -2.30. The van der Waals surface area contributed by atoms with Crippen molar-refractivity contribution in [1.82, 2.24) is 5.32 Å². The molecule has 0 aliphatic rings. The second-order valence-electron chi connectivity index (χ2n) is 20.0. The van der Waals surface area contributed by atoms with Gasteiger partial charge in [0.05, 0.1) is 33.8 Å². The average molecular weight is 1040 g/mol. The van der Waals surface area contributed by atoms with Gasteiger partial charge in [-0.05, 0) is 102 Å². The highest BCUT2D eigenvalue weighted by Crippen LogP contribution is 2.38. The number of phosphoric acid groups is 1. The Kier molecular flexibility index (Phi) is 49.3. The molecule has 1 N–H and O–H groups in total. The summed E-state index contributed by atoms with van der Waals surface area (Å²) < 4.78 is 30.2. The van der Waals surface area contributed by atoms with Crippen LogP contribution in [-0.4, -0.2) is 69.4 Å². The number of esters is 1. The molecule has 73 heavy (non-hydrogen) atoms. The van der Waals surface area contributed by atoms with Crippen molar-refractivity contribution >= 4 is 19.7 Å². The molecule has 1 amide bonds. The van der Waals surface area contributed by atoms with E-state index >= 15 is 0 Å². The fourth-order valence-electron chi connectivity index (χ4n) is 7.50. The zero-order valence-corrected chi connectivity index (χ0v) is 48.2. The number of carbonyl (C=O) groups is 2. The number of nitrogens with one attached hydrogen (secondary N) is 1. The number of ether oxygens (including phenoxy) is 1. The molecule has 0 radical (unpaired) electrons. The lowest BCUT2D eigenvalue weighted by atomic mass is 10.0. The zero-order valence-electron chi connectivity index (χ0n) is 47.3. The molecular formula is C63H107N2O7P. The quantitative estimate of drug-likeness (QED) is 0.0212. The van der Waals surface area contributed by atoms with Crippen LogP contribution in [0.4, 0.5) is 0 Å². The minimum atomic E-state index is -4.72. The van der Waals surface area contributed by atoms with Gasteiger partial charge in [0.25, 0.3) is 7.82 Å². The minimum Gasteiger partial charge on any atom is -0.756 e. The van der Waals surface area contributed by atoms with Crippen molar-refractivity contribution in [2.24, 2.45) is 0 Å². The van der Waals surface area contributed by atoms with E-state index in [0.29, 0.717) is 23.9 Å². The molecule has 0 fully saturated rings. The Morgan fingerprint density at radius 1 is 0.493 bits per heavy atom. The van der Waals surface area contributed by atoms with Crippen LogP contribution in [0.25, 0.3) is 0 Å². The number of allylic oxidation sites excluding steroid dienone is 19. The molecule has 0 heterocycles. The molecule has 0 saturated heterocycles. The van der Waals surface area contributed by atoms with E-state index < -0.39 is 32.5 Å². The van der Waals surface area contributed by atoms with Crippen LogP contribution in [0, 0.1) is 0 Å². The molecular weight excluding hydrogens is 928 g/mol. The van der Waals surface area contributed by atoms with Gasteiger partial charge >= 0.3 is 5.97 Å². The molecule has 9 nitrogen and oxygen atoms in total. The van der Waals surface area contributed by atoms with Crippen molar-refractivity contribution in [1.29, 1.82) is 0 Å². The molecule has 10 heteroatoms. The summed E-state index contributed by atoms with van der Waals surface area (Å²) in [4.78, 5) is 39.8. The Hall–Kier alpha value is -3.59. The predicted molar refractivity (Wildman–Crippen MR) is 311 cm³/mol. The number of likely N-dealkylation sites (N-methyl/N-ethyl adjacent to an activating group) is 1. The number of hydrogen-bond acceptors (Lipinski definition) is 7. The van der Waals surface area contributed by atoms with Gasteiger partial charge in [-0.3, -0.25) is 14.2 Å². The van der Waals surface area contributed by atoms with E-state index in [2.05, 4.69) is 123 Å². The monoisotopic (exact) mass is 1030 g/mol. The highest BCUT2D eigenvalue weighted by Gasteiger charge is 2.27. The summed E-state index contributed by atoms with van der Waals surface area (Å²) in [7, 11) is 1.12. The molecule has 0 spiro atoms. The largest absolute Gasteiger partial charge is 0.756 e. The maximum absolute atomic E-state index is 13.5. The van der Waals surface area contributed by atoms with Gasteiger partial charge in [-0.25, -0.2) is 0 Å². The van der Waals surface area contributed by atoms with Crippen LogP contribution < -0.4 is 10.2 Å². The predicted octanol–water partition coefficient (Wildman–Crippen LogP) is 16.9. The van der Waals surface area contributed by atoms with Crippen LogP contribution in [-0.2, 0) is 27.9 Å². The van der Waals surface area contributed by atoms with E-state index in [1.165, 1.54) is 51.4 Å². The van der Waals surface area contributed by atoms with E-state index in [4.69, 9.17) is 13.8 Å². The van der Waals surface area contributed by atoms with Gasteiger partial charge in [-0.2, -0.15) is 0 Å². The maximum Gasteiger partial charge on any atom is 0.306 e. The Balaban J connectivity index is 5.49. The fraction of sp³-hybridized carbons (Fsp3) is 0.651. The SMILES string of the molecule is CC/C=C\C/C=C\C/C=C\C/C=C\C/C=C\C/C=C\CCC(=O)OC(/C=C/CCCCCCCCCCCC)C(COP(=O)([O-])OCC[N+](C)(C)C)NC(=O)CCCCCCCC/C=C/C/C=C/C/C=C/CC. The van der Waals surface area contributed by atoms with Gasteiger partial charge in [0.15, 0.2) is 0 Å². The lowest BCUT2D eigenvalue weighted by Crippen LogP contribution is -2.47. The minimum absolute atomic E-state index is 0.0429. The van der Waals surface area contributed by atoms with Crippen molar-refractivity contribution in [3.8, 4) is 0 Å². The summed E-state index contributed by atoms with van der Waals surface area (Å²) in [6, 6.07) is -0.933. The number of hydrogen-bond donors (Lipinski definition) is 1. The van der Waals surface area contributed by atoms with Crippen LogP contribution in [0.2, 0.25) is 0 Å². The van der Waals surface area contributed by atoms with Gasteiger partial charge in [0, 0.05) is 12.8 Å². The smallest absolute Gasteiger partial charge is 0.306 e. The third-order valence-electron chi connectivity index (χ3n) is 11.9. The van der Waals surface area contributed by atoms with E-state index in [-0.39, 0.29) is 25.4 Å². The normalized spacial score (nSPS) is 14.7. The van der Waals surface area contributed by atoms with Gasteiger partial charge in [-0.15, -0.1) is 0 Å². The Morgan fingerprint density at radius 2 is 0.890 bits per heavy atom. The van der Waals surface area contributed by atoms with Crippen LogP contribution >= 0.6 is 7.82 Å². The lowest BCUT2D eigenvalue weighted by molar-refractivity contribution is -0.870. The van der Waals surface area contributed by atoms with E-state index in [9.17, 15) is 19.0 Å². The summed E-state index contributed by atoms with van der Waals surface area (Å²) in [5.74, 6) is -0.664. The molecule has 416 valence electrons. The van der Waals surface area contributed by atoms with Gasteiger partial charge < -0.3 is 28.5 Å². The number of nitrogens with zero attached hydrogens (tertiary/aromatic N) is 1. The molecule has 0 aromatic heterocycles. The summed E-state index contributed by atoms with van der Waals surface area (Å²) >= 11 is 0. The molecule has 0 rings (SSSR count). The number of carbonyl (C=O) groups excluding carboxylic acids is 2. The molecule has 3 atom stereocenters. The Morgan fingerprint density at radius 3 is 1.34 bits per heavy atom. The number of unbranched alkanes of at least 4 members (excludes halogenated alkanes) is 16. The molecule has 0 saturated carbocycles. The van der Waals surface area contributed by atoms with E-state index in [1.54, 1.807) is 6.08 Å². The fourth-order valence-corrected chi connectivity index (χ4v) is 8.22. The Bertz CT molecular complexity index is 1660. The van der Waals surface area contributed by atoms with Crippen LogP contribution in [0.5, 0.6) is 0 Å². The molecule has 0 bridgehead atoms. The average Bonchev–Trinajstić information content (AvgIpc) is 3.35. The van der Waals surface area contributed by atoms with Gasteiger partial charge in [0.2, 0.25) is 5.91 Å². The second kappa shape index (κ2) is 51.9. The summed E-state index contributed by atoms with van der Waals surface area (Å²) in [6.07, 6.45) is 71.8. The summed E-state index contributed by atoms with van der Waals surface area (Å²) in [5.41, 5.74) is 0. The highest BCUT2D eigenvalue weighted by molar-refractivity contribution is 7.45. The molecule has 0 aromatic rings. The van der Waals surface area contributed by atoms with Gasteiger partial charge in [-0.1, -0.05) is 220 Å². The third-order valence-corrected chi connectivity index (χ3v) is 12.9. The summed E-state index contributed by atoms with van der Waals surface area (Å²) in [5, 5.41) is 2.99. The van der Waals surface area contributed by atoms with Gasteiger partial charge in [0.1, 0.15) is 19.3 Å². The first kappa shape index (κ1) is 69.4. The molecule has 0 aliphatic heterocycles. The number of phosphoric ester groups is 1. The molecule has 0 aromatic carbocycles. The van der Waals surface area contributed by atoms with Crippen molar-refractivity contribution in [2.45, 2.75) is 226 Å². The highest BCUT2D eigenvalue weighted by atomic mass is 31.2. The van der Waals surface area contributed by atoms with Crippen molar-refractivity contribution in [3.05, 3.63) is 122 Å². The number of quaternary nitrogens is 1. The van der Waals surface area contributed by atoms with Crippen molar-refractivity contribution < 1.29 is 37.3 Å². The van der Waals surface area contributed by atoms with Crippen molar-refractivity contribution in [2.75, 3.05) is 40.9 Å². The first-order valence-corrected chi connectivity index (χ1v) is 30.3. The van der Waals surface area contributed by atoms with Crippen LogP contribution in [0.15, 0.2) is 122 Å². The topological polar surface area (TPSA) is 114 Å². The van der Waals surface area contributed by atoms with Crippen molar-refractivity contribution in [3.63, 3.8) is 0 Å². The number of rotatable bonds is 50. The molecule has 0 aliphatic carbocycles. The second-order valence-corrected chi connectivity index (χ2v) is 21.4. The summed E-state index contributed by atoms with van der Waals surface area (Å²) in [6.45, 7) is 6.53. The molecule has 3 unspecified atom stereocenters. The van der Waals surface area contributed by atoms with E-state index in [0.717, 1.165) is 116 Å². The third kappa shape index (κ3) is 53.1.